The fourth-order valence-corrected chi connectivity index (χ4v) is 3.54. The first-order valence-electron chi connectivity index (χ1n) is 10.2. The van der Waals surface area contributed by atoms with Gasteiger partial charge in [-0.25, -0.2) is 15.0 Å². The highest BCUT2D eigenvalue weighted by Crippen LogP contribution is 2.17. The average Bonchev–Trinajstić information content (AvgIpc) is 2.77. The van der Waals surface area contributed by atoms with Crippen molar-refractivity contribution in [2.75, 3.05) is 36.4 Å². The molecule has 9 heteroatoms. The maximum atomic E-state index is 12.3. The molecule has 0 atom stereocenters. The second-order valence-corrected chi connectivity index (χ2v) is 7.55. The molecule has 1 amide bonds. The van der Waals surface area contributed by atoms with Crippen molar-refractivity contribution in [3.8, 4) is 0 Å². The van der Waals surface area contributed by atoms with Gasteiger partial charge in [-0.3, -0.25) is 19.1 Å². The number of nitrogens with zero attached hydrogens (tertiary/aromatic N) is 6. The Morgan fingerprint density at radius 3 is 2.55 bits per heavy atom. The van der Waals surface area contributed by atoms with Crippen molar-refractivity contribution in [1.82, 2.24) is 24.4 Å². The normalized spacial score (nSPS) is 14.4. The summed E-state index contributed by atoms with van der Waals surface area (Å²) in [6, 6.07) is 13.6. The molecule has 160 valence electrons. The summed E-state index contributed by atoms with van der Waals surface area (Å²) >= 11 is 0. The third kappa shape index (κ3) is 5.52. The fraction of sp³-hybridized carbons (Fsp3) is 0.318. The molecule has 3 aromatic rings. The number of rotatable bonds is 6. The third-order valence-electron chi connectivity index (χ3n) is 5.20. The number of aromatic nitrogens is 4. The summed E-state index contributed by atoms with van der Waals surface area (Å²) < 4.78 is 1.26. The lowest BCUT2D eigenvalue weighted by molar-refractivity contribution is -0.116. The zero-order chi connectivity index (χ0) is 21.6. The van der Waals surface area contributed by atoms with E-state index < -0.39 is 0 Å². The summed E-state index contributed by atoms with van der Waals surface area (Å²) in [5.74, 6) is 0.846. The smallest absolute Gasteiger partial charge is 0.253 e. The topological polar surface area (TPSA) is 96.2 Å². The van der Waals surface area contributed by atoms with Crippen molar-refractivity contribution in [2.45, 2.75) is 20.0 Å². The van der Waals surface area contributed by atoms with Gasteiger partial charge >= 0.3 is 0 Å². The summed E-state index contributed by atoms with van der Waals surface area (Å²) in [7, 11) is 0. The highest BCUT2D eigenvalue weighted by Gasteiger charge is 2.19. The van der Waals surface area contributed by atoms with E-state index in [9.17, 15) is 9.59 Å². The van der Waals surface area contributed by atoms with Gasteiger partial charge in [-0.05, 0) is 12.5 Å². The molecule has 1 N–H and O–H groups in total. The zero-order valence-corrected chi connectivity index (χ0v) is 17.4. The van der Waals surface area contributed by atoms with Gasteiger partial charge in [-0.2, -0.15) is 0 Å². The number of piperazine rings is 1. The minimum atomic E-state index is -0.343. The lowest BCUT2D eigenvalue weighted by Gasteiger charge is -2.35. The Kier molecular flexibility index (Phi) is 6.32. The van der Waals surface area contributed by atoms with Crippen LogP contribution in [-0.2, 0) is 17.9 Å². The Morgan fingerprint density at radius 2 is 1.81 bits per heavy atom. The first-order valence-corrected chi connectivity index (χ1v) is 10.2. The first-order chi connectivity index (χ1) is 15.1. The van der Waals surface area contributed by atoms with Gasteiger partial charge in [0.2, 0.25) is 5.91 Å². The molecule has 1 saturated heterocycles. The molecule has 0 aliphatic carbocycles. The first kappa shape index (κ1) is 20.7. The molecule has 0 saturated carbocycles. The van der Waals surface area contributed by atoms with Crippen LogP contribution in [0.25, 0.3) is 0 Å². The number of carbonyl (C=O) groups is 1. The van der Waals surface area contributed by atoms with Crippen LogP contribution in [0, 0.1) is 6.92 Å². The highest BCUT2D eigenvalue weighted by atomic mass is 16.2. The van der Waals surface area contributed by atoms with E-state index in [4.69, 9.17) is 0 Å². The van der Waals surface area contributed by atoms with Crippen LogP contribution in [0.4, 0.5) is 11.6 Å². The highest BCUT2D eigenvalue weighted by molar-refractivity contribution is 5.89. The van der Waals surface area contributed by atoms with Crippen LogP contribution in [0.15, 0.2) is 59.9 Å². The summed E-state index contributed by atoms with van der Waals surface area (Å²) in [5.41, 5.74) is 1.66. The van der Waals surface area contributed by atoms with Crippen molar-refractivity contribution in [3.63, 3.8) is 0 Å². The van der Waals surface area contributed by atoms with E-state index in [1.165, 1.54) is 28.9 Å². The minimum absolute atomic E-state index is 0.121. The molecule has 1 aliphatic rings. The zero-order valence-electron chi connectivity index (χ0n) is 17.4. The Labute approximate surface area is 180 Å². The minimum Gasteiger partial charge on any atom is -0.354 e. The number of aryl methyl sites for hydroxylation is 1. The molecule has 0 spiro atoms. The van der Waals surface area contributed by atoms with E-state index in [-0.39, 0.29) is 18.0 Å². The lowest BCUT2D eigenvalue weighted by atomic mass is 10.2. The summed E-state index contributed by atoms with van der Waals surface area (Å²) in [6.07, 6.45) is 2.82. The van der Waals surface area contributed by atoms with Gasteiger partial charge in [0.15, 0.2) is 0 Å². The van der Waals surface area contributed by atoms with Gasteiger partial charge in [0.1, 0.15) is 24.5 Å². The Morgan fingerprint density at radius 1 is 1.03 bits per heavy atom. The van der Waals surface area contributed by atoms with Crippen LogP contribution >= 0.6 is 0 Å². The molecule has 2 aromatic heterocycles. The molecular formula is C22H25N7O2. The van der Waals surface area contributed by atoms with Crippen LogP contribution in [0.3, 0.4) is 0 Å². The van der Waals surface area contributed by atoms with Crippen molar-refractivity contribution in [2.24, 2.45) is 0 Å². The quantitative estimate of drug-likeness (QED) is 0.643. The van der Waals surface area contributed by atoms with Crippen molar-refractivity contribution >= 4 is 17.5 Å². The SMILES string of the molecule is Cc1cc(=O)n(CC(=O)Nc2cc(N3CCN(Cc4ccccc4)CC3)ncn2)cn1. The monoisotopic (exact) mass is 419 g/mol. The van der Waals surface area contributed by atoms with E-state index in [1.807, 2.05) is 6.07 Å². The second kappa shape index (κ2) is 9.48. The largest absolute Gasteiger partial charge is 0.354 e. The second-order valence-electron chi connectivity index (χ2n) is 7.55. The number of carbonyl (C=O) groups excluding carboxylic acids is 1. The standard InChI is InChI=1S/C22H25N7O2/c1-17-11-22(31)29(16-25-17)14-21(30)26-19-12-20(24-15-23-19)28-9-7-27(8-10-28)13-18-5-3-2-4-6-18/h2-6,11-12,15-16H,7-10,13-14H2,1H3,(H,23,24,26,30). The van der Waals surface area contributed by atoms with Gasteiger partial charge < -0.3 is 10.2 Å². The summed E-state index contributed by atoms with van der Waals surface area (Å²) in [5, 5.41) is 2.74. The van der Waals surface area contributed by atoms with Gasteiger partial charge in [0.05, 0.1) is 6.33 Å². The van der Waals surface area contributed by atoms with Crippen molar-refractivity contribution in [3.05, 3.63) is 76.7 Å². The van der Waals surface area contributed by atoms with Gasteiger partial charge in [0, 0.05) is 50.6 Å². The number of nitrogens with one attached hydrogen (secondary N) is 1. The molecule has 9 nitrogen and oxygen atoms in total. The number of benzene rings is 1. The third-order valence-corrected chi connectivity index (χ3v) is 5.20. The van der Waals surface area contributed by atoms with E-state index in [0.717, 1.165) is 38.5 Å². The molecule has 1 fully saturated rings. The maximum Gasteiger partial charge on any atom is 0.253 e. The maximum absolute atomic E-state index is 12.3. The van der Waals surface area contributed by atoms with E-state index >= 15 is 0 Å². The van der Waals surface area contributed by atoms with Gasteiger partial charge in [-0.1, -0.05) is 30.3 Å². The molecule has 31 heavy (non-hydrogen) atoms. The molecule has 4 rings (SSSR count). The predicted octanol–water partition coefficient (Wildman–Crippen LogP) is 1.30. The van der Waals surface area contributed by atoms with Crippen LogP contribution < -0.4 is 15.8 Å². The van der Waals surface area contributed by atoms with Gasteiger partial charge in [-0.15, -0.1) is 0 Å². The van der Waals surface area contributed by atoms with Gasteiger partial charge in [0.25, 0.3) is 5.56 Å². The van der Waals surface area contributed by atoms with Crippen LogP contribution in [0.5, 0.6) is 0 Å². The number of anilines is 2. The molecule has 3 heterocycles. The molecule has 0 unspecified atom stereocenters. The number of hydrogen-bond acceptors (Lipinski definition) is 7. The molecule has 1 aromatic carbocycles. The average molecular weight is 419 g/mol. The predicted molar refractivity (Wildman–Crippen MR) is 118 cm³/mol. The van der Waals surface area contributed by atoms with E-state index in [1.54, 1.807) is 13.0 Å². The number of amides is 1. The lowest BCUT2D eigenvalue weighted by Crippen LogP contribution is -2.46. The Hall–Kier alpha value is -3.59. The van der Waals surface area contributed by atoms with E-state index in [0.29, 0.717) is 11.5 Å². The summed E-state index contributed by atoms with van der Waals surface area (Å²) in [4.78, 5) is 41.4. The van der Waals surface area contributed by atoms with E-state index in [2.05, 4.69) is 54.3 Å². The van der Waals surface area contributed by atoms with Crippen LogP contribution in [0.2, 0.25) is 0 Å². The van der Waals surface area contributed by atoms with Crippen LogP contribution in [-0.4, -0.2) is 56.5 Å². The molecule has 0 radical (unpaired) electrons. The molecular weight excluding hydrogens is 394 g/mol. The molecule has 1 aliphatic heterocycles. The Balaban J connectivity index is 1.33. The summed E-state index contributed by atoms with van der Waals surface area (Å²) in [6.45, 7) is 6.11. The number of hydrogen-bond donors (Lipinski definition) is 1. The van der Waals surface area contributed by atoms with Crippen molar-refractivity contribution < 1.29 is 4.79 Å². The fourth-order valence-electron chi connectivity index (χ4n) is 3.54. The van der Waals surface area contributed by atoms with Crippen LogP contribution in [0.1, 0.15) is 11.3 Å². The Bertz CT molecular complexity index is 1090. The molecule has 0 bridgehead atoms. The van der Waals surface area contributed by atoms with Crippen molar-refractivity contribution in [1.29, 1.82) is 0 Å².